The molecule has 7 heteroatoms. The predicted octanol–water partition coefficient (Wildman–Crippen LogP) is 4.02. The zero-order valence-electron chi connectivity index (χ0n) is 14.8. The molecular weight excluding hydrogens is 396 g/mol. The number of benzene rings is 1. The van der Waals surface area contributed by atoms with Gasteiger partial charge in [-0.05, 0) is 35.9 Å². The quantitative estimate of drug-likeness (QED) is 0.503. The summed E-state index contributed by atoms with van der Waals surface area (Å²) in [6.07, 6.45) is 3.78. The third-order valence-electron chi connectivity index (χ3n) is 4.17. The molecule has 4 nitrogen and oxygen atoms in total. The van der Waals surface area contributed by atoms with Gasteiger partial charge >= 0.3 is 0 Å². The Kier molecular flexibility index (Phi) is 7.43. The Balaban J connectivity index is 1.39. The Morgan fingerprint density at radius 2 is 2.04 bits per heavy atom. The van der Waals surface area contributed by atoms with Crippen LogP contribution in [0.25, 0.3) is 6.08 Å². The second kappa shape index (κ2) is 10.0. The number of thioether (sulfide) groups is 1. The maximum Gasteiger partial charge on any atom is 0.261 e. The van der Waals surface area contributed by atoms with Gasteiger partial charge in [0.25, 0.3) is 5.91 Å². The van der Waals surface area contributed by atoms with Crippen LogP contribution in [0.3, 0.4) is 0 Å². The van der Waals surface area contributed by atoms with Crippen molar-refractivity contribution >= 4 is 53.6 Å². The van der Waals surface area contributed by atoms with E-state index in [-0.39, 0.29) is 16.5 Å². The zero-order chi connectivity index (χ0) is 19.1. The van der Waals surface area contributed by atoms with Crippen molar-refractivity contribution in [3.8, 4) is 0 Å². The summed E-state index contributed by atoms with van der Waals surface area (Å²) in [4.78, 5) is 28.0. The normalized spacial score (nSPS) is 18.3. The van der Waals surface area contributed by atoms with Crippen LogP contribution in [0.1, 0.15) is 23.3 Å². The minimum atomic E-state index is -0.190. The molecule has 0 spiro atoms. The summed E-state index contributed by atoms with van der Waals surface area (Å²) in [7, 11) is 0. The summed E-state index contributed by atoms with van der Waals surface area (Å²) in [5.41, 5.74) is 1.21. The Morgan fingerprint density at radius 3 is 2.78 bits per heavy atom. The molecule has 27 heavy (non-hydrogen) atoms. The minimum absolute atomic E-state index is 0.00196. The first-order valence-corrected chi connectivity index (χ1v) is 11.1. The van der Waals surface area contributed by atoms with E-state index in [1.165, 1.54) is 17.3 Å². The molecule has 1 aromatic carbocycles. The van der Waals surface area contributed by atoms with Gasteiger partial charge in [0.05, 0.1) is 4.91 Å². The molecule has 1 fully saturated rings. The van der Waals surface area contributed by atoms with E-state index in [0.29, 0.717) is 30.8 Å². The molecular formula is C20H22N2O2S3. The van der Waals surface area contributed by atoms with Gasteiger partial charge in [-0.3, -0.25) is 9.59 Å². The summed E-state index contributed by atoms with van der Waals surface area (Å²) in [5.74, 6) is 0.0215. The van der Waals surface area contributed by atoms with Crippen LogP contribution in [0.2, 0.25) is 0 Å². The number of thiol groups is 1. The largest absolute Gasteiger partial charge is 0.356 e. The van der Waals surface area contributed by atoms with Gasteiger partial charge in [0.1, 0.15) is 4.71 Å². The van der Waals surface area contributed by atoms with E-state index >= 15 is 0 Å². The summed E-state index contributed by atoms with van der Waals surface area (Å²) in [6.45, 7) is 1.16. The Morgan fingerprint density at radius 1 is 1.22 bits per heavy atom. The van der Waals surface area contributed by atoms with Crippen molar-refractivity contribution < 1.29 is 9.59 Å². The fourth-order valence-corrected chi connectivity index (χ4v) is 5.03. The highest BCUT2D eigenvalue weighted by atomic mass is 32.2. The first-order valence-electron chi connectivity index (χ1n) is 8.85. The second-order valence-electron chi connectivity index (χ2n) is 6.16. The molecule has 2 heterocycles. The lowest BCUT2D eigenvalue weighted by Crippen LogP contribution is -2.32. The molecule has 0 bridgehead atoms. The molecule has 1 aromatic heterocycles. The number of nitrogens with zero attached hydrogens (tertiary/aromatic N) is 1. The van der Waals surface area contributed by atoms with E-state index in [1.807, 2.05) is 41.8 Å². The summed E-state index contributed by atoms with van der Waals surface area (Å²) in [6, 6.07) is 14.0. The van der Waals surface area contributed by atoms with Crippen molar-refractivity contribution in [2.45, 2.75) is 24.0 Å². The van der Waals surface area contributed by atoms with E-state index in [1.54, 1.807) is 16.2 Å². The maximum atomic E-state index is 12.5. The van der Waals surface area contributed by atoms with Gasteiger partial charge in [0.15, 0.2) is 0 Å². The molecule has 2 amide bonds. The molecule has 142 valence electrons. The Labute approximate surface area is 173 Å². The van der Waals surface area contributed by atoms with E-state index < -0.39 is 0 Å². The number of thiophene rings is 1. The SMILES string of the molecule is O=C(CCCN1C(=O)/C(=C/c2cccs2)SC1S)NCCc1ccccc1. The lowest BCUT2D eigenvalue weighted by atomic mass is 10.1. The van der Waals surface area contributed by atoms with Crippen LogP contribution in [0.5, 0.6) is 0 Å². The van der Waals surface area contributed by atoms with Crippen molar-refractivity contribution in [1.29, 1.82) is 0 Å². The molecule has 3 rings (SSSR count). The van der Waals surface area contributed by atoms with Gasteiger partial charge in [-0.25, -0.2) is 0 Å². The lowest BCUT2D eigenvalue weighted by Gasteiger charge is -2.18. The molecule has 0 radical (unpaired) electrons. The number of hydrogen-bond acceptors (Lipinski definition) is 5. The summed E-state index contributed by atoms with van der Waals surface area (Å²) < 4.78 is -0.190. The van der Waals surface area contributed by atoms with E-state index in [4.69, 9.17) is 0 Å². The van der Waals surface area contributed by atoms with Crippen LogP contribution in [0.4, 0.5) is 0 Å². The van der Waals surface area contributed by atoms with Crippen LogP contribution in [0, 0.1) is 0 Å². The van der Waals surface area contributed by atoms with E-state index in [9.17, 15) is 9.59 Å². The summed E-state index contributed by atoms with van der Waals surface area (Å²) >= 11 is 7.57. The number of carbonyl (C=O) groups excluding carboxylic acids is 2. The van der Waals surface area contributed by atoms with Gasteiger partial charge in [-0.2, -0.15) is 0 Å². The van der Waals surface area contributed by atoms with E-state index in [2.05, 4.69) is 30.1 Å². The van der Waals surface area contributed by atoms with Crippen LogP contribution >= 0.6 is 35.7 Å². The number of carbonyl (C=O) groups is 2. The minimum Gasteiger partial charge on any atom is -0.356 e. The highest BCUT2D eigenvalue weighted by Gasteiger charge is 2.33. The molecule has 1 aliphatic rings. The Hall–Kier alpha value is -1.70. The average molecular weight is 419 g/mol. The van der Waals surface area contributed by atoms with Crippen molar-refractivity contribution in [3.05, 3.63) is 63.2 Å². The number of amides is 2. The van der Waals surface area contributed by atoms with E-state index in [0.717, 1.165) is 11.3 Å². The fraction of sp³-hybridized carbons (Fsp3) is 0.300. The molecule has 1 aliphatic heterocycles. The van der Waals surface area contributed by atoms with Gasteiger partial charge in [0, 0.05) is 24.4 Å². The van der Waals surface area contributed by atoms with Gasteiger partial charge in [-0.15, -0.1) is 24.0 Å². The first-order chi connectivity index (χ1) is 13.1. The van der Waals surface area contributed by atoms with Gasteiger partial charge < -0.3 is 10.2 Å². The van der Waals surface area contributed by atoms with Crippen molar-refractivity contribution in [3.63, 3.8) is 0 Å². The molecule has 0 saturated carbocycles. The molecule has 0 aliphatic carbocycles. The number of rotatable bonds is 8. The average Bonchev–Trinajstić information content (AvgIpc) is 3.26. The molecule has 1 N–H and O–H groups in total. The smallest absolute Gasteiger partial charge is 0.261 e. The summed E-state index contributed by atoms with van der Waals surface area (Å²) in [5, 5.41) is 4.93. The predicted molar refractivity (Wildman–Crippen MR) is 117 cm³/mol. The van der Waals surface area contributed by atoms with Crippen LogP contribution < -0.4 is 5.32 Å². The van der Waals surface area contributed by atoms with Crippen LogP contribution in [-0.2, 0) is 16.0 Å². The van der Waals surface area contributed by atoms with Crippen LogP contribution in [-0.4, -0.2) is 34.5 Å². The van der Waals surface area contributed by atoms with Gasteiger partial charge in [-0.1, -0.05) is 48.2 Å². The fourth-order valence-electron chi connectivity index (χ4n) is 2.77. The third kappa shape index (κ3) is 5.89. The monoisotopic (exact) mass is 418 g/mol. The Bertz CT molecular complexity index is 791. The van der Waals surface area contributed by atoms with Crippen molar-refractivity contribution in [1.82, 2.24) is 10.2 Å². The van der Waals surface area contributed by atoms with Crippen molar-refractivity contribution in [2.75, 3.05) is 13.1 Å². The highest BCUT2D eigenvalue weighted by molar-refractivity contribution is 8.14. The molecule has 2 aromatic rings. The molecule has 1 atom stereocenters. The first kappa shape index (κ1) is 20.0. The van der Waals surface area contributed by atoms with Crippen LogP contribution in [0.15, 0.2) is 52.7 Å². The number of nitrogens with one attached hydrogen (secondary N) is 1. The second-order valence-corrected chi connectivity index (χ2v) is 9.10. The van der Waals surface area contributed by atoms with Crippen molar-refractivity contribution in [2.24, 2.45) is 0 Å². The zero-order valence-corrected chi connectivity index (χ0v) is 17.4. The number of hydrogen-bond donors (Lipinski definition) is 2. The standard InChI is InChI=1S/C20H22N2O2S3/c23-18(21-11-10-15-6-2-1-3-7-15)9-4-12-22-19(24)17(27-20(22)25)14-16-8-5-13-26-16/h1-3,5-8,13-14,20,25H,4,9-12H2,(H,21,23)/b17-14-. The molecule has 1 unspecified atom stereocenters. The third-order valence-corrected chi connectivity index (χ3v) is 6.59. The maximum absolute atomic E-state index is 12.5. The highest BCUT2D eigenvalue weighted by Crippen LogP contribution is 2.38. The lowest BCUT2D eigenvalue weighted by molar-refractivity contribution is -0.126. The molecule has 1 saturated heterocycles. The van der Waals surface area contributed by atoms with Gasteiger partial charge in [0.2, 0.25) is 5.91 Å². The topological polar surface area (TPSA) is 49.4 Å².